The van der Waals surface area contributed by atoms with Gasteiger partial charge in [-0.25, -0.2) is 0 Å². The maximum atomic E-state index is 5.76. The maximum absolute atomic E-state index is 5.76. The number of methoxy groups -OCH3 is 1. The van der Waals surface area contributed by atoms with Crippen LogP contribution >= 0.6 is 15.9 Å². The van der Waals surface area contributed by atoms with E-state index in [-0.39, 0.29) is 0 Å². The number of benzene rings is 2. The van der Waals surface area contributed by atoms with Crippen LogP contribution in [0.3, 0.4) is 0 Å². The zero-order chi connectivity index (χ0) is 13.5. The molecule has 2 rings (SSSR count). The normalized spacial score (nSPS) is 10.2. The molecule has 0 atom stereocenters. The summed E-state index contributed by atoms with van der Waals surface area (Å²) >= 11 is 3.48. The van der Waals surface area contributed by atoms with Crippen LogP contribution in [0.25, 0.3) is 0 Å². The standard InChI is InChI=1S/C16H17BrO2/c1-18-14-9-10-16(15(17)12-14)19-11-5-8-13-6-3-2-4-7-13/h2-4,6-7,9-10,12H,5,8,11H2,1H3. The van der Waals surface area contributed by atoms with Gasteiger partial charge in [0.15, 0.2) is 0 Å². The fourth-order valence-electron chi connectivity index (χ4n) is 1.83. The Morgan fingerprint density at radius 1 is 1.05 bits per heavy atom. The van der Waals surface area contributed by atoms with Crippen molar-refractivity contribution in [3.05, 3.63) is 58.6 Å². The van der Waals surface area contributed by atoms with Crippen LogP contribution in [0.1, 0.15) is 12.0 Å². The molecule has 0 aliphatic rings. The number of rotatable bonds is 6. The summed E-state index contributed by atoms with van der Waals surface area (Å²) in [4.78, 5) is 0. The van der Waals surface area contributed by atoms with Gasteiger partial charge in [-0.3, -0.25) is 0 Å². The molecule has 2 aromatic rings. The second-order valence-electron chi connectivity index (χ2n) is 4.23. The third kappa shape index (κ3) is 4.28. The predicted molar refractivity (Wildman–Crippen MR) is 81.0 cm³/mol. The van der Waals surface area contributed by atoms with Gasteiger partial charge >= 0.3 is 0 Å². The van der Waals surface area contributed by atoms with Gasteiger partial charge < -0.3 is 9.47 Å². The minimum Gasteiger partial charge on any atom is -0.497 e. The molecule has 0 heterocycles. The molecule has 0 radical (unpaired) electrons. The first kappa shape index (κ1) is 13.9. The van der Waals surface area contributed by atoms with Crippen LogP contribution in [-0.4, -0.2) is 13.7 Å². The van der Waals surface area contributed by atoms with E-state index < -0.39 is 0 Å². The number of hydrogen-bond acceptors (Lipinski definition) is 2. The summed E-state index contributed by atoms with van der Waals surface area (Å²) in [6.45, 7) is 0.708. The Labute approximate surface area is 122 Å². The summed E-state index contributed by atoms with van der Waals surface area (Å²) in [7, 11) is 1.65. The van der Waals surface area contributed by atoms with E-state index in [1.807, 2.05) is 24.3 Å². The zero-order valence-electron chi connectivity index (χ0n) is 10.9. The van der Waals surface area contributed by atoms with Crippen LogP contribution in [0.5, 0.6) is 11.5 Å². The molecule has 2 aromatic carbocycles. The van der Waals surface area contributed by atoms with Crippen LogP contribution in [0, 0.1) is 0 Å². The number of halogens is 1. The average molecular weight is 321 g/mol. The molecule has 0 aromatic heterocycles. The Hall–Kier alpha value is -1.48. The fourth-order valence-corrected chi connectivity index (χ4v) is 2.30. The molecule has 0 amide bonds. The molecule has 0 spiro atoms. The number of ether oxygens (including phenoxy) is 2. The lowest BCUT2D eigenvalue weighted by Crippen LogP contribution is -2.00. The number of hydrogen-bond donors (Lipinski definition) is 0. The molecule has 0 aliphatic heterocycles. The Morgan fingerprint density at radius 3 is 2.53 bits per heavy atom. The molecule has 0 fully saturated rings. The first-order chi connectivity index (χ1) is 9.29. The van der Waals surface area contributed by atoms with E-state index in [0.29, 0.717) is 6.61 Å². The summed E-state index contributed by atoms with van der Waals surface area (Å²) in [5.74, 6) is 1.68. The highest BCUT2D eigenvalue weighted by Gasteiger charge is 2.02. The first-order valence-corrected chi connectivity index (χ1v) is 7.09. The van der Waals surface area contributed by atoms with Crippen LogP contribution in [0.2, 0.25) is 0 Å². The summed E-state index contributed by atoms with van der Waals surface area (Å²) < 4.78 is 11.8. The van der Waals surface area contributed by atoms with E-state index in [2.05, 4.69) is 40.2 Å². The van der Waals surface area contributed by atoms with Crippen molar-refractivity contribution in [1.82, 2.24) is 0 Å². The molecular weight excluding hydrogens is 304 g/mol. The third-order valence-corrected chi connectivity index (χ3v) is 3.47. The van der Waals surface area contributed by atoms with Crippen molar-refractivity contribution < 1.29 is 9.47 Å². The summed E-state index contributed by atoms with van der Waals surface area (Å²) in [6.07, 6.45) is 2.04. The van der Waals surface area contributed by atoms with E-state index in [4.69, 9.17) is 9.47 Å². The second kappa shape index (κ2) is 7.19. The van der Waals surface area contributed by atoms with Crippen molar-refractivity contribution in [3.8, 4) is 11.5 Å². The van der Waals surface area contributed by atoms with Gasteiger partial charge in [0.25, 0.3) is 0 Å². The van der Waals surface area contributed by atoms with Crippen LogP contribution in [0.4, 0.5) is 0 Å². The van der Waals surface area contributed by atoms with E-state index in [0.717, 1.165) is 28.8 Å². The molecule has 0 saturated heterocycles. The molecule has 3 heteroatoms. The Bertz CT molecular complexity index is 511. The molecule has 0 unspecified atom stereocenters. The third-order valence-electron chi connectivity index (χ3n) is 2.85. The highest BCUT2D eigenvalue weighted by atomic mass is 79.9. The van der Waals surface area contributed by atoms with Gasteiger partial charge in [-0.15, -0.1) is 0 Å². The van der Waals surface area contributed by atoms with Crippen molar-refractivity contribution in [3.63, 3.8) is 0 Å². The highest BCUT2D eigenvalue weighted by Crippen LogP contribution is 2.29. The molecule has 0 bridgehead atoms. The molecule has 0 aliphatic carbocycles. The number of aryl methyl sites for hydroxylation is 1. The van der Waals surface area contributed by atoms with Gasteiger partial charge in [-0.1, -0.05) is 30.3 Å². The zero-order valence-corrected chi connectivity index (χ0v) is 12.5. The molecule has 100 valence electrons. The van der Waals surface area contributed by atoms with Crippen LogP contribution in [-0.2, 0) is 6.42 Å². The fraction of sp³-hybridized carbons (Fsp3) is 0.250. The van der Waals surface area contributed by atoms with Crippen LogP contribution in [0.15, 0.2) is 53.0 Å². The van der Waals surface area contributed by atoms with Crippen molar-refractivity contribution in [2.75, 3.05) is 13.7 Å². The van der Waals surface area contributed by atoms with Crippen molar-refractivity contribution in [1.29, 1.82) is 0 Å². The molecule has 0 saturated carbocycles. The predicted octanol–water partition coefficient (Wildman–Crippen LogP) is 4.47. The summed E-state index contributed by atoms with van der Waals surface area (Å²) in [5, 5.41) is 0. The van der Waals surface area contributed by atoms with Gasteiger partial charge in [0.1, 0.15) is 11.5 Å². The smallest absolute Gasteiger partial charge is 0.133 e. The van der Waals surface area contributed by atoms with E-state index in [1.54, 1.807) is 7.11 Å². The second-order valence-corrected chi connectivity index (χ2v) is 5.09. The van der Waals surface area contributed by atoms with Gasteiger partial charge in [-0.05, 0) is 52.5 Å². The minimum absolute atomic E-state index is 0.708. The highest BCUT2D eigenvalue weighted by molar-refractivity contribution is 9.10. The lowest BCUT2D eigenvalue weighted by atomic mass is 10.1. The molecule has 2 nitrogen and oxygen atoms in total. The SMILES string of the molecule is COc1ccc(OCCCc2ccccc2)c(Br)c1. The van der Waals surface area contributed by atoms with E-state index >= 15 is 0 Å². The molecule has 19 heavy (non-hydrogen) atoms. The molecule has 0 N–H and O–H groups in total. The average Bonchev–Trinajstić information content (AvgIpc) is 2.46. The van der Waals surface area contributed by atoms with Gasteiger partial charge in [-0.2, -0.15) is 0 Å². The first-order valence-electron chi connectivity index (χ1n) is 6.30. The quantitative estimate of drug-likeness (QED) is 0.731. The van der Waals surface area contributed by atoms with E-state index in [1.165, 1.54) is 5.56 Å². The van der Waals surface area contributed by atoms with Crippen molar-refractivity contribution in [2.45, 2.75) is 12.8 Å². The topological polar surface area (TPSA) is 18.5 Å². The Balaban J connectivity index is 1.80. The van der Waals surface area contributed by atoms with Crippen molar-refractivity contribution in [2.24, 2.45) is 0 Å². The summed E-state index contributed by atoms with van der Waals surface area (Å²) in [5.41, 5.74) is 1.35. The van der Waals surface area contributed by atoms with Gasteiger partial charge in [0.2, 0.25) is 0 Å². The van der Waals surface area contributed by atoms with Gasteiger partial charge in [0, 0.05) is 0 Å². The van der Waals surface area contributed by atoms with Crippen LogP contribution < -0.4 is 9.47 Å². The summed E-state index contributed by atoms with van der Waals surface area (Å²) in [6, 6.07) is 16.2. The maximum Gasteiger partial charge on any atom is 0.133 e. The monoisotopic (exact) mass is 320 g/mol. The van der Waals surface area contributed by atoms with E-state index in [9.17, 15) is 0 Å². The lowest BCUT2D eigenvalue weighted by molar-refractivity contribution is 0.308. The van der Waals surface area contributed by atoms with Crippen molar-refractivity contribution >= 4 is 15.9 Å². The largest absolute Gasteiger partial charge is 0.497 e. The Kier molecular flexibility index (Phi) is 5.28. The molecular formula is C16H17BrO2. The lowest BCUT2D eigenvalue weighted by Gasteiger charge is -2.09. The minimum atomic E-state index is 0.708. The van der Waals surface area contributed by atoms with Gasteiger partial charge in [0.05, 0.1) is 18.2 Å². The Morgan fingerprint density at radius 2 is 1.84 bits per heavy atom.